The predicted molar refractivity (Wildman–Crippen MR) is 157 cm³/mol. The molecule has 1 saturated carbocycles. The molecule has 0 spiro atoms. The molecule has 3 aromatic rings. The van der Waals surface area contributed by atoms with Gasteiger partial charge in [-0.25, -0.2) is 0 Å². The first-order valence-electron chi connectivity index (χ1n) is 14.3. The van der Waals surface area contributed by atoms with E-state index in [0.717, 1.165) is 46.5 Å². The van der Waals surface area contributed by atoms with Gasteiger partial charge in [0.15, 0.2) is 6.29 Å². The van der Waals surface area contributed by atoms with Crippen molar-refractivity contribution in [3.8, 4) is 11.1 Å². The van der Waals surface area contributed by atoms with Gasteiger partial charge in [-0.15, -0.1) is 6.58 Å². The average Bonchev–Trinajstić information content (AvgIpc) is 3.53. The molecule has 1 aliphatic heterocycles. The number of aliphatic hydroxyl groups excluding tert-OH is 1. The minimum atomic E-state index is -0.486. The van der Waals surface area contributed by atoms with Gasteiger partial charge in [0.1, 0.15) is 0 Å². The Morgan fingerprint density at radius 1 is 0.923 bits per heavy atom. The smallest absolute Gasteiger partial charge is 0.184 e. The highest BCUT2D eigenvalue weighted by Gasteiger charge is 2.40. The van der Waals surface area contributed by atoms with Crippen LogP contribution in [-0.4, -0.2) is 35.2 Å². The van der Waals surface area contributed by atoms with Gasteiger partial charge in [-0.05, 0) is 52.8 Å². The molecule has 1 saturated heterocycles. The Kier molecular flexibility index (Phi) is 9.28. The Balaban J connectivity index is 1.46. The number of hydrogen-bond donors (Lipinski definition) is 2. The van der Waals surface area contributed by atoms with Crippen LogP contribution in [0.1, 0.15) is 67.3 Å². The first-order valence-corrected chi connectivity index (χ1v) is 14.3. The lowest BCUT2D eigenvalue weighted by molar-refractivity contribution is -0.276. The summed E-state index contributed by atoms with van der Waals surface area (Å²) in [6.07, 6.45) is 6.47. The normalized spacial score (nSPS) is 23.8. The maximum absolute atomic E-state index is 9.56. The first-order chi connectivity index (χ1) is 19.1. The van der Waals surface area contributed by atoms with Crippen LogP contribution >= 0.6 is 0 Å². The van der Waals surface area contributed by atoms with Crippen molar-refractivity contribution in [1.29, 1.82) is 0 Å². The van der Waals surface area contributed by atoms with Gasteiger partial charge >= 0.3 is 0 Å². The standard InChI is InChI=1S/C34H42N2O3/c1-3-18-36(31-12-4-5-13-31)22-32-24(2)33(27-16-14-25(23-37)15-17-27)39-34(38-32)30-11-7-10-29(20-30)28-9-6-8-26(19-28)21-35/h3,6-11,14-17,19-20,24,31-34,37H,1,4-5,12-13,18,21-23,35H2,2H3/t24-,32+,33+,34+/m0/s1. The molecule has 0 unspecified atom stereocenters. The lowest BCUT2D eigenvalue weighted by Gasteiger charge is -2.43. The number of nitrogens with two attached hydrogens (primary N) is 1. The van der Waals surface area contributed by atoms with Crippen molar-refractivity contribution in [3.63, 3.8) is 0 Å². The zero-order valence-electron chi connectivity index (χ0n) is 23.0. The topological polar surface area (TPSA) is 68.0 Å². The first kappa shape index (κ1) is 27.8. The van der Waals surface area contributed by atoms with Crippen LogP contribution < -0.4 is 5.73 Å². The van der Waals surface area contributed by atoms with Crippen LogP contribution in [0.25, 0.3) is 11.1 Å². The van der Waals surface area contributed by atoms with Gasteiger partial charge in [0, 0.05) is 37.2 Å². The number of aliphatic hydroxyl groups is 1. The van der Waals surface area contributed by atoms with Gasteiger partial charge in [-0.1, -0.05) is 86.5 Å². The van der Waals surface area contributed by atoms with Crippen LogP contribution in [-0.2, 0) is 22.6 Å². The second kappa shape index (κ2) is 13.0. The Bertz CT molecular complexity index is 1220. The minimum absolute atomic E-state index is 0.00366. The summed E-state index contributed by atoms with van der Waals surface area (Å²) in [5.41, 5.74) is 12.3. The fraction of sp³-hybridized carbons (Fsp3) is 0.412. The summed E-state index contributed by atoms with van der Waals surface area (Å²) < 4.78 is 13.5. The summed E-state index contributed by atoms with van der Waals surface area (Å²) in [5, 5.41) is 9.56. The lowest BCUT2D eigenvalue weighted by Crippen LogP contribution is -2.47. The van der Waals surface area contributed by atoms with Crippen molar-refractivity contribution < 1.29 is 14.6 Å². The monoisotopic (exact) mass is 526 g/mol. The van der Waals surface area contributed by atoms with Crippen LogP contribution in [0.15, 0.2) is 85.5 Å². The van der Waals surface area contributed by atoms with E-state index in [4.69, 9.17) is 15.2 Å². The van der Waals surface area contributed by atoms with E-state index in [1.54, 1.807) is 0 Å². The molecule has 3 N–H and O–H groups in total. The van der Waals surface area contributed by atoms with Crippen molar-refractivity contribution in [2.45, 2.75) is 70.3 Å². The molecule has 1 heterocycles. The fourth-order valence-corrected chi connectivity index (χ4v) is 6.11. The molecular weight excluding hydrogens is 484 g/mol. The minimum Gasteiger partial charge on any atom is -0.392 e. The number of hydrogen-bond acceptors (Lipinski definition) is 5. The largest absolute Gasteiger partial charge is 0.392 e. The van der Waals surface area contributed by atoms with E-state index in [9.17, 15) is 5.11 Å². The summed E-state index contributed by atoms with van der Waals surface area (Å²) in [6.45, 7) is 8.54. The summed E-state index contributed by atoms with van der Waals surface area (Å²) >= 11 is 0. The summed E-state index contributed by atoms with van der Waals surface area (Å²) in [7, 11) is 0. The lowest BCUT2D eigenvalue weighted by atomic mass is 9.89. The molecule has 0 radical (unpaired) electrons. The van der Waals surface area contributed by atoms with Crippen LogP contribution in [0.5, 0.6) is 0 Å². The van der Waals surface area contributed by atoms with E-state index in [1.165, 1.54) is 25.7 Å². The number of ether oxygens (including phenoxy) is 2. The Morgan fingerprint density at radius 3 is 2.33 bits per heavy atom. The molecule has 1 aliphatic carbocycles. The molecule has 5 rings (SSSR count). The highest BCUT2D eigenvalue weighted by Crippen LogP contribution is 2.43. The molecule has 5 nitrogen and oxygen atoms in total. The van der Waals surface area contributed by atoms with E-state index in [1.807, 2.05) is 18.2 Å². The van der Waals surface area contributed by atoms with E-state index in [-0.39, 0.29) is 24.7 Å². The van der Waals surface area contributed by atoms with Crippen LogP contribution in [0.3, 0.4) is 0 Å². The van der Waals surface area contributed by atoms with Gasteiger partial charge in [0.05, 0.1) is 18.8 Å². The highest BCUT2D eigenvalue weighted by molar-refractivity contribution is 5.65. The highest BCUT2D eigenvalue weighted by atomic mass is 16.7. The van der Waals surface area contributed by atoms with E-state index in [2.05, 4.69) is 79.1 Å². The van der Waals surface area contributed by atoms with Crippen molar-refractivity contribution in [3.05, 3.63) is 108 Å². The molecule has 2 fully saturated rings. The molecule has 206 valence electrons. The molecule has 0 aromatic heterocycles. The Labute approximate surface area is 233 Å². The van der Waals surface area contributed by atoms with Gasteiger partial charge < -0.3 is 20.3 Å². The second-order valence-electron chi connectivity index (χ2n) is 11.0. The van der Waals surface area contributed by atoms with Crippen molar-refractivity contribution in [2.75, 3.05) is 13.1 Å². The van der Waals surface area contributed by atoms with Crippen molar-refractivity contribution >= 4 is 0 Å². The third-order valence-corrected chi connectivity index (χ3v) is 8.40. The van der Waals surface area contributed by atoms with Crippen LogP contribution in [0.4, 0.5) is 0 Å². The third kappa shape index (κ3) is 6.51. The van der Waals surface area contributed by atoms with Gasteiger partial charge in [0.25, 0.3) is 0 Å². The molecule has 0 amide bonds. The second-order valence-corrected chi connectivity index (χ2v) is 11.0. The Morgan fingerprint density at radius 2 is 1.64 bits per heavy atom. The zero-order chi connectivity index (χ0) is 27.2. The molecule has 0 bridgehead atoms. The van der Waals surface area contributed by atoms with Crippen LogP contribution in [0, 0.1) is 5.92 Å². The summed E-state index contributed by atoms with van der Waals surface area (Å²) in [4.78, 5) is 2.56. The molecule has 39 heavy (non-hydrogen) atoms. The summed E-state index contributed by atoms with van der Waals surface area (Å²) in [5.74, 6) is 0.152. The molecule has 3 aromatic carbocycles. The SMILES string of the molecule is C=CCN(C[C@H]1O[C@@H](c2cccc(-c3cccc(CN)c3)c2)O[C@@H](c2ccc(CO)cc2)[C@H]1C)C1CCCC1. The third-order valence-electron chi connectivity index (χ3n) is 8.40. The van der Waals surface area contributed by atoms with Crippen molar-refractivity contribution in [2.24, 2.45) is 11.7 Å². The molecular formula is C34H42N2O3. The summed E-state index contributed by atoms with van der Waals surface area (Å²) in [6, 6.07) is 25.6. The van der Waals surface area contributed by atoms with Crippen LogP contribution in [0.2, 0.25) is 0 Å². The van der Waals surface area contributed by atoms with Gasteiger partial charge in [-0.3, -0.25) is 4.90 Å². The van der Waals surface area contributed by atoms with Gasteiger partial charge in [-0.2, -0.15) is 0 Å². The average molecular weight is 527 g/mol. The van der Waals surface area contributed by atoms with E-state index < -0.39 is 6.29 Å². The number of rotatable bonds is 10. The number of nitrogens with zero attached hydrogens (tertiary/aromatic N) is 1. The molecule has 4 atom stereocenters. The quantitative estimate of drug-likeness (QED) is 0.294. The number of benzene rings is 3. The molecule has 2 aliphatic rings. The maximum Gasteiger partial charge on any atom is 0.184 e. The Hall–Kier alpha value is -2.80. The molecule has 5 heteroatoms. The van der Waals surface area contributed by atoms with E-state index in [0.29, 0.717) is 12.6 Å². The van der Waals surface area contributed by atoms with Crippen molar-refractivity contribution in [1.82, 2.24) is 4.90 Å². The van der Waals surface area contributed by atoms with E-state index >= 15 is 0 Å². The fourth-order valence-electron chi connectivity index (χ4n) is 6.11. The van der Waals surface area contributed by atoms with Gasteiger partial charge in [0.2, 0.25) is 0 Å². The maximum atomic E-state index is 9.56. The predicted octanol–water partition coefficient (Wildman–Crippen LogP) is 6.53. The zero-order valence-corrected chi connectivity index (χ0v) is 23.0.